The molecular formula is C11H13N5O4S2. The summed E-state index contributed by atoms with van der Waals surface area (Å²) in [6.45, 7) is 1.58. The summed E-state index contributed by atoms with van der Waals surface area (Å²) in [5.41, 5.74) is 1.80. The van der Waals surface area contributed by atoms with E-state index >= 15 is 0 Å². The van der Waals surface area contributed by atoms with E-state index in [1.165, 1.54) is 5.51 Å². The lowest BCUT2D eigenvalue weighted by atomic mass is 10.0. The highest BCUT2D eigenvalue weighted by molar-refractivity contribution is 7.91. The largest absolute Gasteiger partial charge is 0.299 e. The molecule has 2 aliphatic rings. The van der Waals surface area contributed by atoms with Gasteiger partial charge in [-0.1, -0.05) is 11.3 Å². The van der Waals surface area contributed by atoms with Gasteiger partial charge < -0.3 is 0 Å². The lowest BCUT2D eigenvalue weighted by Gasteiger charge is -2.19. The third-order valence-electron chi connectivity index (χ3n) is 3.56. The zero-order valence-corrected chi connectivity index (χ0v) is 13.2. The summed E-state index contributed by atoms with van der Waals surface area (Å²) in [4.78, 5) is 24.6. The number of hydrazone groups is 1. The standard InChI is InChI=1S/C11H13N5O4S2/c1-6-8(9(17)13-11-14-12-5-21-11)10(18)16(15-6)7-2-3-22(19,20)4-7/h5,7-8H,2-4H2,1H3,(H,13,14,17)/t7-,8-/m1/s1. The molecule has 2 amide bonds. The van der Waals surface area contributed by atoms with Crippen LogP contribution in [0.25, 0.3) is 0 Å². The van der Waals surface area contributed by atoms with Crippen LogP contribution in [0, 0.1) is 5.92 Å². The average molecular weight is 343 g/mol. The van der Waals surface area contributed by atoms with Gasteiger partial charge in [-0.3, -0.25) is 14.9 Å². The van der Waals surface area contributed by atoms with Crippen molar-refractivity contribution in [3.05, 3.63) is 5.51 Å². The zero-order valence-electron chi connectivity index (χ0n) is 11.6. The van der Waals surface area contributed by atoms with Crippen LogP contribution in [0.3, 0.4) is 0 Å². The van der Waals surface area contributed by atoms with Crippen molar-refractivity contribution in [3.63, 3.8) is 0 Å². The molecule has 2 aliphatic heterocycles. The predicted molar refractivity (Wildman–Crippen MR) is 79.0 cm³/mol. The fraction of sp³-hybridized carbons (Fsp3) is 0.545. The molecule has 1 fully saturated rings. The lowest BCUT2D eigenvalue weighted by Crippen LogP contribution is -2.40. The lowest BCUT2D eigenvalue weighted by molar-refractivity contribution is -0.137. The van der Waals surface area contributed by atoms with Crippen molar-refractivity contribution < 1.29 is 18.0 Å². The van der Waals surface area contributed by atoms with Gasteiger partial charge in [0, 0.05) is 0 Å². The SMILES string of the molecule is CC1=NN([C@@H]2CCS(=O)(=O)C2)C(=O)[C@H]1C(=O)Nc1nncs1. The van der Waals surface area contributed by atoms with Crippen molar-refractivity contribution in [3.8, 4) is 0 Å². The molecule has 1 aromatic heterocycles. The Bertz CT molecular complexity index is 743. The summed E-state index contributed by atoms with van der Waals surface area (Å²) in [6.07, 6.45) is 0.343. The molecule has 118 valence electrons. The Labute approximate surface area is 130 Å². The van der Waals surface area contributed by atoms with E-state index in [1.807, 2.05) is 0 Å². The van der Waals surface area contributed by atoms with Crippen molar-refractivity contribution >= 4 is 43.8 Å². The smallest absolute Gasteiger partial charge is 0.261 e. The number of hydrogen-bond acceptors (Lipinski definition) is 8. The van der Waals surface area contributed by atoms with E-state index in [0.717, 1.165) is 16.3 Å². The molecule has 0 bridgehead atoms. The number of amides is 2. The summed E-state index contributed by atoms with van der Waals surface area (Å²) < 4.78 is 23.1. The topological polar surface area (TPSA) is 122 Å². The minimum atomic E-state index is -3.13. The molecule has 0 radical (unpaired) electrons. The maximum absolute atomic E-state index is 12.4. The molecule has 11 heteroatoms. The van der Waals surface area contributed by atoms with Gasteiger partial charge >= 0.3 is 0 Å². The summed E-state index contributed by atoms with van der Waals surface area (Å²) in [6, 6.07) is -0.494. The van der Waals surface area contributed by atoms with E-state index in [2.05, 4.69) is 20.6 Å². The fourth-order valence-electron chi connectivity index (χ4n) is 2.52. The minimum Gasteiger partial charge on any atom is -0.299 e. The van der Waals surface area contributed by atoms with Crippen LogP contribution < -0.4 is 5.32 Å². The third-order valence-corrected chi connectivity index (χ3v) is 5.92. The van der Waals surface area contributed by atoms with Crippen LogP contribution in [0.2, 0.25) is 0 Å². The molecule has 9 nitrogen and oxygen atoms in total. The summed E-state index contributed by atoms with van der Waals surface area (Å²) in [5.74, 6) is -2.15. The fourth-order valence-corrected chi connectivity index (χ4v) is 4.66. The number of carbonyl (C=O) groups excluding carboxylic acids is 2. The minimum absolute atomic E-state index is 0.0393. The molecule has 3 rings (SSSR count). The van der Waals surface area contributed by atoms with E-state index < -0.39 is 33.6 Å². The number of anilines is 1. The van der Waals surface area contributed by atoms with Crippen molar-refractivity contribution in [2.45, 2.75) is 19.4 Å². The van der Waals surface area contributed by atoms with Crippen molar-refractivity contribution in [2.75, 3.05) is 16.8 Å². The molecular weight excluding hydrogens is 330 g/mol. The Morgan fingerprint density at radius 3 is 2.86 bits per heavy atom. The Balaban J connectivity index is 1.74. The van der Waals surface area contributed by atoms with Crippen LogP contribution in [0.4, 0.5) is 5.13 Å². The molecule has 0 unspecified atom stereocenters. The number of rotatable bonds is 3. The first kappa shape index (κ1) is 15.0. The summed E-state index contributed by atoms with van der Waals surface area (Å²) in [5, 5.41) is 15.3. The second-order valence-electron chi connectivity index (χ2n) is 5.15. The van der Waals surface area contributed by atoms with Crippen LogP contribution in [-0.4, -0.2) is 58.7 Å². The number of sulfone groups is 1. The monoisotopic (exact) mass is 343 g/mol. The maximum Gasteiger partial charge on any atom is 0.261 e. The molecule has 0 aromatic carbocycles. The normalized spacial score (nSPS) is 27.0. The van der Waals surface area contributed by atoms with Gasteiger partial charge in [0.05, 0.1) is 23.3 Å². The Morgan fingerprint density at radius 2 is 2.27 bits per heavy atom. The number of hydrogen-bond donors (Lipinski definition) is 1. The maximum atomic E-state index is 12.4. The molecule has 0 saturated carbocycles. The van der Waals surface area contributed by atoms with Crippen molar-refractivity contribution in [2.24, 2.45) is 11.0 Å². The first-order valence-electron chi connectivity index (χ1n) is 6.53. The summed E-state index contributed by atoms with van der Waals surface area (Å²) in [7, 11) is -3.13. The first-order chi connectivity index (χ1) is 10.4. The second kappa shape index (κ2) is 5.39. The number of nitrogens with one attached hydrogen (secondary N) is 1. The van der Waals surface area contributed by atoms with Gasteiger partial charge in [0.15, 0.2) is 15.8 Å². The van der Waals surface area contributed by atoms with Gasteiger partial charge in [0.2, 0.25) is 11.0 Å². The van der Waals surface area contributed by atoms with Crippen LogP contribution in [0.15, 0.2) is 10.6 Å². The highest BCUT2D eigenvalue weighted by Gasteiger charge is 2.44. The molecule has 22 heavy (non-hydrogen) atoms. The second-order valence-corrected chi connectivity index (χ2v) is 8.21. The van der Waals surface area contributed by atoms with Gasteiger partial charge in [-0.15, -0.1) is 10.2 Å². The molecule has 0 spiro atoms. The number of nitrogens with zero attached hydrogens (tertiary/aromatic N) is 4. The van der Waals surface area contributed by atoms with Gasteiger partial charge in [-0.05, 0) is 13.3 Å². The molecule has 2 atom stereocenters. The van der Waals surface area contributed by atoms with Crippen LogP contribution in [0.1, 0.15) is 13.3 Å². The highest BCUT2D eigenvalue weighted by atomic mass is 32.2. The molecule has 0 aliphatic carbocycles. The number of carbonyl (C=O) groups is 2. The van der Waals surface area contributed by atoms with E-state index in [4.69, 9.17) is 0 Å². The van der Waals surface area contributed by atoms with E-state index in [-0.39, 0.29) is 11.5 Å². The van der Waals surface area contributed by atoms with E-state index in [9.17, 15) is 18.0 Å². The highest BCUT2D eigenvalue weighted by Crippen LogP contribution is 2.26. The van der Waals surface area contributed by atoms with Crippen LogP contribution >= 0.6 is 11.3 Å². The van der Waals surface area contributed by atoms with Crippen molar-refractivity contribution in [1.29, 1.82) is 0 Å². The van der Waals surface area contributed by atoms with Gasteiger partial charge in [0.1, 0.15) is 5.51 Å². The zero-order chi connectivity index (χ0) is 15.9. The van der Waals surface area contributed by atoms with E-state index in [1.54, 1.807) is 6.92 Å². The number of aromatic nitrogens is 2. The molecule has 1 aromatic rings. The Hall–Kier alpha value is -1.88. The van der Waals surface area contributed by atoms with Gasteiger partial charge in [-0.25, -0.2) is 13.4 Å². The third kappa shape index (κ3) is 2.73. The van der Waals surface area contributed by atoms with Crippen LogP contribution in [-0.2, 0) is 19.4 Å². The quantitative estimate of drug-likeness (QED) is 0.738. The summed E-state index contributed by atoms with van der Waals surface area (Å²) >= 11 is 1.14. The van der Waals surface area contributed by atoms with Gasteiger partial charge in [-0.2, -0.15) is 5.10 Å². The Kier molecular flexibility index (Phi) is 3.68. The first-order valence-corrected chi connectivity index (χ1v) is 9.23. The Morgan fingerprint density at radius 1 is 1.50 bits per heavy atom. The molecule has 1 N–H and O–H groups in total. The van der Waals surface area contributed by atoms with Crippen LogP contribution in [0.5, 0.6) is 0 Å². The van der Waals surface area contributed by atoms with Gasteiger partial charge in [0.25, 0.3) is 5.91 Å². The van der Waals surface area contributed by atoms with E-state index in [0.29, 0.717) is 17.3 Å². The average Bonchev–Trinajstić information content (AvgIpc) is 3.10. The van der Waals surface area contributed by atoms with Crippen molar-refractivity contribution in [1.82, 2.24) is 15.2 Å². The molecule has 3 heterocycles. The predicted octanol–water partition coefficient (Wildman–Crippen LogP) is -0.502. The molecule has 1 saturated heterocycles.